The zero-order valence-corrected chi connectivity index (χ0v) is 13.2. The summed E-state index contributed by atoms with van der Waals surface area (Å²) in [7, 11) is -3.40. The molecule has 0 radical (unpaired) electrons. The van der Waals surface area contributed by atoms with Crippen molar-refractivity contribution in [2.24, 2.45) is 0 Å². The minimum absolute atomic E-state index is 0.0161. The Bertz CT molecular complexity index is 543. The van der Waals surface area contributed by atoms with Crippen molar-refractivity contribution in [1.82, 2.24) is 9.29 Å². The van der Waals surface area contributed by atoms with Gasteiger partial charge in [-0.1, -0.05) is 0 Å². The van der Waals surface area contributed by atoms with E-state index in [0.717, 1.165) is 5.56 Å². The molecule has 1 heterocycles. The van der Waals surface area contributed by atoms with Crippen molar-refractivity contribution in [3.8, 4) is 0 Å². The SMILES string of the molecule is CC(C)N(CCCC(=O)O)S(=O)(=O)CCc1ccncc1. The van der Waals surface area contributed by atoms with E-state index in [2.05, 4.69) is 4.98 Å². The average molecular weight is 314 g/mol. The number of rotatable bonds is 9. The highest BCUT2D eigenvalue weighted by atomic mass is 32.2. The summed E-state index contributed by atoms with van der Waals surface area (Å²) in [6.07, 6.45) is 3.99. The van der Waals surface area contributed by atoms with Crippen molar-refractivity contribution in [2.45, 2.75) is 39.2 Å². The molecule has 0 fully saturated rings. The number of pyridine rings is 1. The Hall–Kier alpha value is -1.47. The van der Waals surface area contributed by atoms with Crippen LogP contribution in [0.4, 0.5) is 0 Å². The molecule has 0 bridgehead atoms. The van der Waals surface area contributed by atoms with Gasteiger partial charge in [0.2, 0.25) is 10.0 Å². The molecule has 0 spiro atoms. The number of carbonyl (C=O) groups is 1. The van der Waals surface area contributed by atoms with Crippen LogP contribution in [0.1, 0.15) is 32.3 Å². The number of sulfonamides is 1. The monoisotopic (exact) mass is 314 g/mol. The zero-order chi connectivity index (χ0) is 15.9. The van der Waals surface area contributed by atoms with Crippen LogP contribution in [0.25, 0.3) is 0 Å². The van der Waals surface area contributed by atoms with Crippen molar-refractivity contribution in [3.63, 3.8) is 0 Å². The number of hydrogen-bond acceptors (Lipinski definition) is 4. The predicted octanol–water partition coefficient (Wildman–Crippen LogP) is 1.53. The largest absolute Gasteiger partial charge is 0.481 e. The molecule has 0 aliphatic carbocycles. The standard InChI is InChI=1S/C14H22N2O4S/c1-12(2)16(10-3-4-14(17)18)21(19,20)11-7-13-5-8-15-9-6-13/h5-6,8-9,12H,3-4,7,10-11H2,1-2H3,(H,17,18). The number of carboxylic acid groups (broad SMARTS) is 1. The van der Waals surface area contributed by atoms with E-state index < -0.39 is 16.0 Å². The van der Waals surface area contributed by atoms with Crippen molar-refractivity contribution in [2.75, 3.05) is 12.3 Å². The van der Waals surface area contributed by atoms with Gasteiger partial charge in [-0.2, -0.15) is 4.31 Å². The lowest BCUT2D eigenvalue weighted by atomic mass is 10.2. The molecule has 6 nitrogen and oxygen atoms in total. The number of hydrogen-bond donors (Lipinski definition) is 1. The second-order valence-corrected chi connectivity index (χ2v) is 7.16. The van der Waals surface area contributed by atoms with Gasteiger partial charge in [0.25, 0.3) is 0 Å². The summed E-state index contributed by atoms with van der Waals surface area (Å²) in [5.41, 5.74) is 0.919. The van der Waals surface area contributed by atoms with Crippen molar-refractivity contribution in [1.29, 1.82) is 0 Å². The maximum atomic E-state index is 12.4. The summed E-state index contributed by atoms with van der Waals surface area (Å²) in [6, 6.07) is 3.40. The van der Waals surface area contributed by atoms with E-state index in [1.807, 2.05) is 0 Å². The van der Waals surface area contributed by atoms with E-state index in [9.17, 15) is 13.2 Å². The molecule has 0 saturated heterocycles. The van der Waals surface area contributed by atoms with Crippen molar-refractivity contribution in [3.05, 3.63) is 30.1 Å². The third-order valence-corrected chi connectivity index (χ3v) is 5.14. The number of aliphatic carboxylic acids is 1. The van der Waals surface area contributed by atoms with Gasteiger partial charge < -0.3 is 5.11 Å². The number of aromatic nitrogens is 1. The molecule has 1 N–H and O–H groups in total. The van der Waals surface area contributed by atoms with Gasteiger partial charge in [-0.15, -0.1) is 0 Å². The Morgan fingerprint density at radius 1 is 1.33 bits per heavy atom. The summed E-state index contributed by atoms with van der Waals surface area (Å²) < 4.78 is 26.2. The van der Waals surface area contributed by atoms with Crippen LogP contribution in [-0.4, -0.2) is 47.1 Å². The number of nitrogens with zero attached hydrogens (tertiary/aromatic N) is 2. The molecule has 0 aromatic carbocycles. The van der Waals surface area contributed by atoms with Crippen LogP contribution in [0.3, 0.4) is 0 Å². The van der Waals surface area contributed by atoms with Crippen LogP contribution in [0.5, 0.6) is 0 Å². The topological polar surface area (TPSA) is 87.6 Å². The normalized spacial score (nSPS) is 12.0. The highest BCUT2D eigenvalue weighted by Gasteiger charge is 2.24. The van der Waals surface area contributed by atoms with Gasteiger partial charge in [0.15, 0.2) is 0 Å². The first-order valence-electron chi connectivity index (χ1n) is 6.93. The lowest BCUT2D eigenvalue weighted by molar-refractivity contribution is -0.137. The first kappa shape index (κ1) is 17.6. The van der Waals surface area contributed by atoms with Gasteiger partial charge in [-0.25, -0.2) is 8.42 Å². The van der Waals surface area contributed by atoms with E-state index in [1.165, 1.54) is 4.31 Å². The van der Waals surface area contributed by atoms with E-state index >= 15 is 0 Å². The average Bonchev–Trinajstić information content (AvgIpc) is 2.42. The molecule has 7 heteroatoms. The van der Waals surface area contributed by atoms with Gasteiger partial charge in [0, 0.05) is 31.4 Å². The third kappa shape index (κ3) is 6.22. The molecule has 118 valence electrons. The summed E-state index contributed by atoms with van der Waals surface area (Å²) >= 11 is 0. The molecule has 21 heavy (non-hydrogen) atoms. The van der Waals surface area contributed by atoms with Crippen molar-refractivity contribution < 1.29 is 18.3 Å². The molecular formula is C14H22N2O4S. The van der Waals surface area contributed by atoms with Gasteiger partial charge >= 0.3 is 5.97 Å². The minimum Gasteiger partial charge on any atom is -0.481 e. The highest BCUT2D eigenvalue weighted by Crippen LogP contribution is 2.12. The van der Waals surface area contributed by atoms with Gasteiger partial charge in [0.05, 0.1) is 5.75 Å². The lowest BCUT2D eigenvalue weighted by Gasteiger charge is -2.25. The smallest absolute Gasteiger partial charge is 0.303 e. The molecule has 0 atom stereocenters. The first-order valence-corrected chi connectivity index (χ1v) is 8.54. The fourth-order valence-electron chi connectivity index (χ4n) is 2.02. The summed E-state index contributed by atoms with van der Waals surface area (Å²) in [4.78, 5) is 14.4. The lowest BCUT2D eigenvalue weighted by Crippen LogP contribution is -2.39. The molecule has 0 aliphatic rings. The fraction of sp³-hybridized carbons (Fsp3) is 0.571. The minimum atomic E-state index is -3.40. The Morgan fingerprint density at radius 3 is 2.48 bits per heavy atom. The highest BCUT2D eigenvalue weighted by molar-refractivity contribution is 7.89. The van der Waals surface area contributed by atoms with E-state index in [0.29, 0.717) is 12.8 Å². The van der Waals surface area contributed by atoms with Gasteiger partial charge in [0.1, 0.15) is 0 Å². The predicted molar refractivity (Wildman–Crippen MR) is 80.4 cm³/mol. The second kappa shape index (κ2) is 8.09. The number of aryl methyl sites for hydroxylation is 1. The molecule has 0 unspecified atom stereocenters. The van der Waals surface area contributed by atoms with Crippen LogP contribution in [0.15, 0.2) is 24.5 Å². The molecule has 0 amide bonds. The molecule has 1 aromatic heterocycles. The van der Waals surface area contributed by atoms with Crippen LogP contribution in [-0.2, 0) is 21.2 Å². The van der Waals surface area contributed by atoms with Crippen LogP contribution >= 0.6 is 0 Å². The van der Waals surface area contributed by atoms with Crippen molar-refractivity contribution >= 4 is 16.0 Å². The molecule has 0 aliphatic heterocycles. The Morgan fingerprint density at radius 2 is 1.95 bits per heavy atom. The summed E-state index contributed by atoms with van der Waals surface area (Å²) in [5.74, 6) is -0.893. The van der Waals surface area contributed by atoms with Gasteiger partial charge in [-0.3, -0.25) is 9.78 Å². The van der Waals surface area contributed by atoms with Gasteiger partial charge in [-0.05, 0) is 44.4 Å². The Kier molecular flexibility index (Phi) is 6.77. The van der Waals surface area contributed by atoms with Crippen LogP contribution < -0.4 is 0 Å². The number of carboxylic acids is 1. The molecule has 0 saturated carbocycles. The van der Waals surface area contributed by atoms with Crippen LogP contribution in [0.2, 0.25) is 0 Å². The quantitative estimate of drug-likeness (QED) is 0.747. The van der Waals surface area contributed by atoms with E-state index in [1.54, 1.807) is 38.4 Å². The Balaban J connectivity index is 2.64. The summed E-state index contributed by atoms with van der Waals surface area (Å²) in [5, 5.41) is 8.65. The van der Waals surface area contributed by atoms with Crippen LogP contribution in [0, 0.1) is 0 Å². The Labute approximate surface area is 125 Å². The third-order valence-electron chi connectivity index (χ3n) is 3.10. The summed E-state index contributed by atoms with van der Waals surface area (Å²) in [6.45, 7) is 3.83. The second-order valence-electron chi connectivity index (χ2n) is 5.12. The maximum Gasteiger partial charge on any atom is 0.303 e. The molecular weight excluding hydrogens is 292 g/mol. The van der Waals surface area contributed by atoms with E-state index in [4.69, 9.17) is 5.11 Å². The maximum absolute atomic E-state index is 12.4. The molecule has 1 rings (SSSR count). The molecule has 1 aromatic rings. The fourth-order valence-corrected chi connectivity index (χ4v) is 3.80. The van der Waals surface area contributed by atoms with E-state index in [-0.39, 0.29) is 24.8 Å². The zero-order valence-electron chi connectivity index (χ0n) is 12.4. The first-order chi connectivity index (χ1) is 9.83.